The molecule has 0 radical (unpaired) electrons. The van der Waals surface area contributed by atoms with Gasteiger partial charge in [-0.2, -0.15) is 5.10 Å². The van der Waals surface area contributed by atoms with E-state index >= 15 is 0 Å². The number of nitrogens with zero attached hydrogens (tertiary/aromatic N) is 2. The molecule has 1 aromatic heterocycles. The van der Waals surface area contributed by atoms with E-state index in [-0.39, 0.29) is 24.5 Å². The van der Waals surface area contributed by atoms with E-state index in [1.165, 1.54) is 0 Å². The van der Waals surface area contributed by atoms with Gasteiger partial charge in [0.2, 0.25) is 0 Å². The van der Waals surface area contributed by atoms with E-state index in [2.05, 4.69) is 10.4 Å². The third-order valence-electron chi connectivity index (χ3n) is 2.91. The van der Waals surface area contributed by atoms with Gasteiger partial charge in [-0.3, -0.25) is 9.48 Å². The molecule has 0 saturated carbocycles. The molecule has 0 fully saturated rings. The Labute approximate surface area is 102 Å². The maximum atomic E-state index is 11.9. The average Bonchev–Trinajstić information content (AvgIpc) is 2.58. The summed E-state index contributed by atoms with van der Waals surface area (Å²) in [6.07, 6.45) is 0.565. The fourth-order valence-corrected chi connectivity index (χ4v) is 1.63. The molecule has 1 unspecified atom stereocenters. The van der Waals surface area contributed by atoms with Crippen LogP contribution in [-0.4, -0.2) is 33.4 Å². The third-order valence-corrected chi connectivity index (χ3v) is 2.91. The fraction of sp³-hybridized carbons (Fsp3) is 0.667. The molecule has 1 heterocycles. The van der Waals surface area contributed by atoms with E-state index < -0.39 is 0 Å². The first-order valence-electron chi connectivity index (χ1n) is 5.88. The van der Waals surface area contributed by atoms with Gasteiger partial charge >= 0.3 is 0 Å². The summed E-state index contributed by atoms with van der Waals surface area (Å²) in [6, 6.07) is 1.74. The quantitative estimate of drug-likeness (QED) is 0.801. The molecule has 17 heavy (non-hydrogen) atoms. The zero-order valence-corrected chi connectivity index (χ0v) is 10.9. The van der Waals surface area contributed by atoms with Crippen LogP contribution < -0.4 is 5.32 Å². The highest BCUT2D eigenvalue weighted by atomic mass is 16.3. The zero-order chi connectivity index (χ0) is 13.0. The minimum Gasteiger partial charge on any atom is -0.396 e. The molecule has 0 aliphatic rings. The second-order valence-electron chi connectivity index (χ2n) is 4.63. The molecule has 1 aromatic rings. The first-order chi connectivity index (χ1) is 7.95. The van der Waals surface area contributed by atoms with Crippen molar-refractivity contribution < 1.29 is 9.90 Å². The molecule has 0 aliphatic carbocycles. The number of rotatable bonds is 5. The van der Waals surface area contributed by atoms with Crippen LogP contribution in [0.3, 0.4) is 0 Å². The van der Waals surface area contributed by atoms with Crippen molar-refractivity contribution in [3.63, 3.8) is 0 Å². The topological polar surface area (TPSA) is 67.2 Å². The molecule has 0 saturated heterocycles. The maximum Gasteiger partial charge on any atom is 0.272 e. The van der Waals surface area contributed by atoms with Crippen LogP contribution in [0.1, 0.15) is 36.5 Å². The SMILES string of the molecule is Cc1cc(C(=O)NC(CCO)C(C)C)nn1C. The van der Waals surface area contributed by atoms with Gasteiger partial charge in [-0.1, -0.05) is 13.8 Å². The predicted molar refractivity (Wildman–Crippen MR) is 65.7 cm³/mol. The van der Waals surface area contributed by atoms with Gasteiger partial charge in [0.25, 0.3) is 5.91 Å². The number of aliphatic hydroxyl groups is 1. The summed E-state index contributed by atoms with van der Waals surface area (Å²) in [5.41, 5.74) is 1.37. The molecule has 1 amide bonds. The standard InChI is InChI=1S/C12H21N3O2/c1-8(2)10(5-6-16)13-12(17)11-7-9(3)15(4)14-11/h7-8,10,16H,5-6H2,1-4H3,(H,13,17). The lowest BCUT2D eigenvalue weighted by molar-refractivity contribution is 0.0911. The van der Waals surface area contributed by atoms with Crippen LogP contribution in [0, 0.1) is 12.8 Å². The minimum absolute atomic E-state index is 0.0187. The Kier molecular flexibility index (Phi) is 4.69. The van der Waals surface area contributed by atoms with Crippen LogP contribution >= 0.6 is 0 Å². The Hall–Kier alpha value is -1.36. The summed E-state index contributed by atoms with van der Waals surface area (Å²) in [5.74, 6) is 0.108. The van der Waals surface area contributed by atoms with Gasteiger partial charge in [0, 0.05) is 25.4 Å². The van der Waals surface area contributed by atoms with Crippen molar-refractivity contribution >= 4 is 5.91 Å². The predicted octanol–water partition coefficient (Wildman–Crippen LogP) is 0.865. The molecule has 5 heteroatoms. The summed E-state index contributed by atoms with van der Waals surface area (Å²) >= 11 is 0. The molecular formula is C12H21N3O2. The number of hydrogen-bond acceptors (Lipinski definition) is 3. The van der Waals surface area contributed by atoms with Crippen LogP contribution in [0.15, 0.2) is 6.07 Å². The van der Waals surface area contributed by atoms with Crippen molar-refractivity contribution in [2.75, 3.05) is 6.61 Å². The zero-order valence-electron chi connectivity index (χ0n) is 10.9. The van der Waals surface area contributed by atoms with Crippen molar-refractivity contribution in [1.29, 1.82) is 0 Å². The lowest BCUT2D eigenvalue weighted by atomic mass is 10.0. The van der Waals surface area contributed by atoms with Crippen LogP contribution in [0.25, 0.3) is 0 Å². The smallest absolute Gasteiger partial charge is 0.272 e. The van der Waals surface area contributed by atoms with Crippen molar-refractivity contribution in [2.24, 2.45) is 13.0 Å². The Morgan fingerprint density at radius 1 is 1.59 bits per heavy atom. The molecule has 1 atom stereocenters. The summed E-state index contributed by atoms with van der Waals surface area (Å²) in [4.78, 5) is 11.9. The second-order valence-corrected chi connectivity index (χ2v) is 4.63. The van der Waals surface area contributed by atoms with Crippen LogP contribution in [-0.2, 0) is 7.05 Å². The van der Waals surface area contributed by atoms with Crippen LogP contribution in [0.5, 0.6) is 0 Å². The first-order valence-corrected chi connectivity index (χ1v) is 5.88. The van der Waals surface area contributed by atoms with Gasteiger partial charge < -0.3 is 10.4 Å². The lowest BCUT2D eigenvalue weighted by Gasteiger charge is -2.20. The monoisotopic (exact) mass is 239 g/mol. The Morgan fingerprint density at radius 2 is 2.24 bits per heavy atom. The van der Waals surface area contributed by atoms with Gasteiger partial charge in [-0.05, 0) is 25.3 Å². The average molecular weight is 239 g/mol. The van der Waals surface area contributed by atoms with Crippen LogP contribution in [0.4, 0.5) is 0 Å². The fourth-order valence-electron chi connectivity index (χ4n) is 1.63. The number of aromatic nitrogens is 2. The van der Waals surface area contributed by atoms with Crippen molar-refractivity contribution in [3.8, 4) is 0 Å². The van der Waals surface area contributed by atoms with E-state index in [9.17, 15) is 4.79 Å². The Bertz CT molecular complexity index is 366. The lowest BCUT2D eigenvalue weighted by Crippen LogP contribution is -2.39. The molecule has 0 spiro atoms. The molecule has 1 rings (SSSR count). The van der Waals surface area contributed by atoms with E-state index in [4.69, 9.17) is 5.11 Å². The number of amides is 1. The number of aryl methyl sites for hydroxylation is 2. The largest absolute Gasteiger partial charge is 0.396 e. The summed E-state index contributed by atoms with van der Waals surface area (Å²) in [6.45, 7) is 6.01. The highest BCUT2D eigenvalue weighted by Crippen LogP contribution is 2.08. The van der Waals surface area contributed by atoms with Crippen molar-refractivity contribution in [3.05, 3.63) is 17.5 Å². The summed E-state index contributed by atoms with van der Waals surface area (Å²) in [5, 5.41) is 16.0. The van der Waals surface area contributed by atoms with E-state index in [1.54, 1.807) is 17.8 Å². The maximum absolute atomic E-state index is 11.9. The molecule has 0 aliphatic heterocycles. The van der Waals surface area contributed by atoms with Crippen molar-refractivity contribution in [1.82, 2.24) is 15.1 Å². The van der Waals surface area contributed by atoms with E-state index in [0.29, 0.717) is 12.1 Å². The minimum atomic E-state index is -0.180. The van der Waals surface area contributed by atoms with E-state index in [0.717, 1.165) is 5.69 Å². The summed E-state index contributed by atoms with van der Waals surface area (Å²) < 4.78 is 1.67. The van der Waals surface area contributed by atoms with Gasteiger partial charge in [-0.15, -0.1) is 0 Å². The van der Waals surface area contributed by atoms with Crippen LogP contribution in [0.2, 0.25) is 0 Å². The third kappa shape index (κ3) is 3.56. The van der Waals surface area contributed by atoms with Gasteiger partial charge in [0.15, 0.2) is 0 Å². The second kappa shape index (κ2) is 5.82. The van der Waals surface area contributed by atoms with Gasteiger partial charge in [0.1, 0.15) is 5.69 Å². The molecule has 0 bridgehead atoms. The van der Waals surface area contributed by atoms with Gasteiger partial charge in [0.05, 0.1) is 0 Å². The molecular weight excluding hydrogens is 218 g/mol. The highest BCUT2D eigenvalue weighted by Gasteiger charge is 2.18. The number of carbonyl (C=O) groups excluding carboxylic acids is 1. The first kappa shape index (κ1) is 13.7. The number of carbonyl (C=O) groups is 1. The molecule has 5 nitrogen and oxygen atoms in total. The normalized spacial score (nSPS) is 12.8. The van der Waals surface area contributed by atoms with Gasteiger partial charge in [-0.25, -0.2) is 0 Å². The number of nitrogens with one attached hydrogen (secondary N) is 1. The number of hydrogen-bond donors (Lipinski definition) is 2. The molecule has 96 valence electrons. The van der Waals surface area contributed by atoms with Crippen molar-refractivity contribution in [2.45, 2.75) is 33.2 Å². The highest BCUT2D eigenvalue weighted by molar-refractivity contribution is 5.92. The number of aliphatic hydroxyl groups excluding tert-OH is 1. The summed E-state index contributed by atoms with van der Waals surface area (Å²) in [7, 11) is 1.81. The molecule has 2 N–H and O–H groups in total. The molecule has 0 aromatic carbocycles. The Balaban J connectivity index is 2.70. The van der Waals surface area contributed by atoms with E-state index in [1.807, 2.05) is 20.8 Å². The Morgan fingerprint density at radius 3 is 2.65 bits per heavy atom.